The number of carbonyl (C=O) groups excluding carboxylic acids is 1. The highest BCUT2D eigenvalue weighted by atomic mass is 32.1. The van der Waals surface area contributed by atoms with Crippen molar-refractivity contribution in [3.63, 3.8) is 0 Å². The SMILES string of the molecule is CCc1sc(NC(=O)c2cc3cccc(OC)c3oc2=O)nc1-c1ccc(-c2ccccc2)cc1. The number of nitrogens with one attached hydrogen (secondary N) is 1. The van der Waals surface area contributed by atoms with Crippen molar-refractivity contribution in [1.82, 2.24) is 4.98 Å². The molecule has 0 saturated heterocycles. The fourth-order valence-corrected chi connectivity index (χ4v) is 4.84. The summed E-state index contributed by atoms with van der Waals surface area (Å²) in [6, 6.07) is 25.1. The summed E-state index contributed by atoms with van der Waals surface area (Å²) in [6.45, 7) is 2.05. The van der Waals surface area contributed by atoms with E-state index in [-0.39, 0.29) is 5.56 Å². The number of carbonyl (C=O) groups is 1. The number of amides is 1. The van der Waals surface area contributed by atoms with Crippen LogP contribution in [0.1, 0.15) is 22.2 Å². The summed E-state index contributed by atoms with van der Waals surface area (Å²) in [5, 5.41) is 3.80. The van der Waals surface area contributed by atoms with Gasteiger partial charge in [0.15, 0.2) is 16.5 Å². The molecule has 0 aliphatic heterocycles. The van der Waals surface area contributed by atoms with Gasteiger partial charge in [0.05, 0.1) is 12.8 Å². The van der Waals surface area contributed by atoms with Crippen molar-refractivity contribution < 1.29 is 13.9 Å². The molecule has 6 nitrogen and oxygen atoms in total. The fourth-order valence-electron chi connectivity index (χ4n) is 3.92. The average molecular weight is 483 g/mol. The average Bonchev–Trinajstić information content (AvgIpc) is 3.31. The molecule has 0 atom stereocenters. The van der Waals surface area contributed by atoms with Crippen LogP contribution in [-0.2, 0) is 6.42 Å². The maximum Gasteiger partial charge on any atom is 0.349 e. The Morgan fingerprint density at radius 2 is 1.69 bits per heavy atom. The zero-order chi connectivity index (χ0) is 24.4. The largest absolute Gasteiger partial charge is 0.493 e. The van der Waals surface area contributed by atoms with E-state index in [1.807, 2.05) is 37.3 Å². The summed E-state index contributed by atoms with van der Waals surface area (Å²) < 4.78 is 10.6. The molecule has 7 heteroatoms. The summed E-state index contributed by atoms with van der Waals surface area (Å²) in [5.74, 6) is -0.132. The second-order valence-corrected chi connectivity index (χ2v) is 8.95. The number of nitrogens with zero attached hydrogens (tertiary/aromatic N) is 1. The van der Waals surface area contributed by atoms with Gasteiger partial charge in [-0.15, -0.1) is 11.3 Å². The standard InChI is InChI=1S/C28H22N2O4S/c1-3-23-24(19-14-12-18(13-15-19)17-8-5-4-6-9-17)29-28(35-23)30-26(31)21-16-20-10-7-11-22(33-2)25(20)34-27(21)32/h4-16H,3H2,1-2H3,(H,29,30,31). The van der Waals surface area contributed by atoms with Crippen LogP contribution in [0.5, 0.6) is 5.75 Å². The van der Waals surface area contributed by atoms with Crippen LogP contribution in [-0.4, -0.2) is 18.0 Å². The van der Waals surface area contributed by atoms with Crippen LogP contribution in [0, 0.1) is 0 Å². The lowest BCUT2D eigenvalue weighted by Crippen LogP contribution is -2.20. The Kier molecular flexibility index (Phi) is 6.16. The van der Waals surface area contributed by atoms with E-state index in [1.54, 1.807) is 18.2 Å². The van der Waals surface area contributed by atoms with Gasteiger partial charge in [-0.05, 0) is 29.7 Å². The third-order valence-corrected chi connectivity index (χ3v) is 6.81. The Balaban J connectivity index is 1.42. The van der Waals surface area contributed by atoms with Gasteiger partial charge in [0, 0.05) is 15.8 Å². The lowest BCUT2D eigenvalue weighted by molar-refractivity contribution is 0.102. The number of rotatable bonds is 6. The van der Waals surface area contributed by atoms with Crippen molar-refractivity contribution in [2.24, 2.45) is 0 Å². The van der Waals surface area contributed by atoms with Crippen LogP contribution < -0.4 is 15.7 Å². The van der Waals surface area contributed by atoms with Gasteiger partial charge in [0.1, 0.15) is 5.56 Å². The number of aromatic nitrogens is 1. The zero-order valence-corrected chi connectivity index (χ0v) is 20.0. The van der Waals surface area contributed by atoms with Crippen molar-refractivity contribution >= 4 is 33.3 Å². The molecule has 174 valence electrons. The van der Waals surface area contributed by atoms with Gasteiger partial charge < -0.3 is 9.15 Å². The van der Waals surface area contributed by atoms with Gasteiger partial charge >= 0.3 is 5.63 Å². The molecule has 5 aromatic rings. The highest BCUT2D eigenvalue weighted by Crippen LogP contribution is 2.33. The molecule has 0 fully saturated rings. The van der Waals surface area contributed by atoms with Gasteiger partial charge in [-0.3, -0.25) is 10.1 Å². The number of hydrogen-bond donors (Lipinski definition) is 1. The molecule has 0 radical (unpaired) electrons. The van der Waals surface area contributed by atoms with Gasteiger partial charge in [0.25, 0.3) is 5.91 Å². The van der Waals surface area contributed by atoms with E-state index < -0.39 is 11.5 Å². The topological polar surface area (TPSA) is 81.4 Å². The molecule has 1 amide bonds. The fraction of sp³-hybridized carbons (Fsp3) is 0.107. The summed E-state index contributed by atoms with van der Waals surface area (Å²) in [4.78, 5) is 31.2. The van der Waals surface area contributed by atoms with Gasteiger partial charge in [-0.25, -0.2) is 9.78 Å². The number of benzene rings is 3. The molecule has 2 heterocycles. The number of fused-ring (bicyclic) bond motifs is 1. The van der Waals surface area contributed by atoms with E-state index in [2.05, 4.69) is 34.6 Å². The lowest BCUT2D eigenvalue weighted by Gasteiger charge is -2.05. The number of anilines is 1. The molecule has 0 unspecified atom stereocenters. The summed E-state index contributed by atoms with van der Waals surface area (Å²) in [7, 11) is 1.50. The van der Waals surface area contributed by atoms with E-state index >= 15 is 0 Å². The second-order valence-electron chi connectivity index (χ2n) is 7.87. The van der Waals surface area contributed by atoms with Crippen molar-refractivity contribution in [3.05, 3.63) is 99.7 Å². The van der Waals surface area contributed by atoms with Crippen LogP contribution in [0.15, 0.2) is 88.1 Å². The molecule has 3 aromatic carbocycles. The third kappa shape index (κ3) is 4.46. The predicted molar refractivity (Wildman–Crippen MR) is 139 cm³/mol. The highest BCUT2D eigenvalue weighted by molar-refractivity contribution is 7.16. The normalized spacial score (nSPS) is 10.9. The molecule has 5 rings (SSSR count). The maximum absolute atomic E-state index is 12.9. The number of para-hydroxylation sites is 1. The second kappa shape index (κ2) is 9.56. The minimum absolute atomic E-state index is 0.0900. The maximum atomic E-state index is 12.9. The monoisotopic (exact) mass is 482 g/mol. The van der Waals surface area contributed by atoms with E-state index in [9.17, 15) is 9.59 Å². The van der Waals surface area contributed by atoms with Crippen molar-refractivity contribution in [1.29, 1.82) is 0 Å². The minimum atomic E-state index is -0.733. The van der Waals surface area contributed by atoms with Crippen molar-refractivity contribution in [2.45, 2.75) is 13.3 Å². The Bertz CT molecular complexity index is 1570. The predicted octanol–water partition coefficient (Wildman–Crippen LogP) is 6.41. The first-order valence-electron chi connectivity index (χ1n) is 11.1. The number of ether oxygens (including phenoxy) is 1. The number of aryl methyl sites for hydroxylation is 1. The summed E-state index contributed by atoms with van der Waals surface area (Å²) in [6.07, 6.45) is 0.765. The third-order valence-electron chi connectivity index (χ3n) is 5.69. The smallest absolute Gasteiger partial charge is 0.349 e. The summed E-state index contributed by atoms with van der Waals surface area (Å²) in [5.41, 5.74) is 3.54. The number of thiazole rings is 1. The van der Waals surface area contributed by atoms with E-state index in [4.69, 9.17) is 9.15 Å². The molecule has 0 aliphatic rings. The molecule has 2 aromatic heterocycles. The molecular weight excluding hydrogens is 460 g/mol. The lowest BCUT2D eigenvalue weighted by atomic mass is 10.0. The van der Waals surface area contributed by atoms with Gasteiger partial charge in [0.2, 0.25) is 0 Å². The molecule has 0 aliphatic carbocycles. The van der Waals surface area contributed by atoms with Crippen LogP contribution in [0.25, 0.3) is 33.4 Å². The van der Waals surface area contributed by atoms with Crippen molar-refractivity contribution in [3.8, 4) is 28.1 Å². The zero-order valence-electron chi connectivity index (χ0n) is 19.2. The number of methoxy groups -OCH3 is 1. The Morgan fingerprint density at radius 1 is 0.971 bits per heavy atom. The molecule has 35 heavy (non-hydrogen) atoms. The van der Waals surface area contributed by atoms with Crippen LogP contribution in [0.2, 0.25) is 0 Å². The van der Waals surface area contributed by atoms with Crippen LogP contribution >= 0.6 is 11.3 Å². The quantitative estimate of drug-likeness (QED) is 0.283. The highest BCUT2D eigenvalue weighted by Gasteiger charge is 2.19. The number of hydrogen-bond acceptors (Lipinski definition) is 6. The molecule has 1 N–H and O–H groups in total. The van der Waals surface area contributed by atoms with E-state index in [1.165, 1.54) is 24.5 Å². The first-order valence-corrected chi connectivity index (χ1v) is 12.0. The van der Waals surface area contributed by atoms with E-state index in [0.717, 1.165) is 33.7 Å². The molecule has 0 bridgehead atoms. The molecule has 0 spiro atoms. The molecule has 0 saturated carbocycles. The van der Waals surface area contributed by atoms with Crippen LogP contribution in [0.3, 0.4) is 0 Å². The van der Waals surface area contributed by atoms with Gasteiger partial charge in [-0.1, -0.05) is 73.7 Å². The Labute approximate surface area is 205 Å². The molecular formula is C28H22N2O4S. The first kappa shape index (κ1) is 22.6. The Morgan fingerprint density at radius 3 is 2.40 bits per heavy atom. The van der Waals surface area contributed by atoms with Crippen molar-refractivity contribution in [2.75, 3.05) is 12.4 Å². The van der Waals surface area contributed by atoms with Gasteiger partial charge in [-0.2, -0.15) is 0 Å². The van der Waals surface area contributed by atoms with E-state index in [0.29, 0.717) is 21.9 Å². The van der Waals surface area contributed by atoms with Crippen LogP contribution in [0.4, 0.5) is 5.13 Å². The first-order chi connectivity index (χ1) is 17.1. The summed E-state index contributed by atoms with van der Waals surface area (Å²) >= 11 is 1.40. The Hall–Kier alpha value is -4.23. The minimum Gasteiger partial charge on any atom is -0.493 e.